The van der Waals surface area contributed by atoms with Gasteiger partial charge in [0.2, 0.25) is 0 Å². The fourth-order valence-electron chi connectivity index (χ4n) is 1.44. The normalized spacial score (nSPS) is 11.9. The predicted molar refractivity (Wildman–Crippen MR) is 70.8 cm³/mol. The largest absolute Gasteiger partial charge is 0.450 e. The van der Waals surface area contributed by atoms with E-state index in [0.29, 0.717) is 18.1 Å². The zero-order chi connectivity index (χ0) is 13.4. The summed E-state index contributed by atoms with van der Waals surface area (Å²) in [6, 6.07) is 7.31. The van der Waals surface area contributed by atoms with Gasteiger partial charge in [0.1, 0.15) is 0 Å². The summed E-state index contributed by atoms with van der Waals surface area (Å²) in [5.41, 5.74) is 0.857. The Morgan fingerprint density at radius 2 is 2.22 bits per heavy atom. The molecular weight excluding hydrogens is 254 g/mol. The van der Waals surface area contributed by atoms with E-state index in [1.54, 1.807) is 6.07 Å². The van der Waals surface area contributed by atoms with Crippen LogP contribution in [0.4, 0.5) is 4.79 Å². The Morgan fingerprint density at radius 1 is 1.50 bits per heavy atom. The number of ether oxygens (including phenoxy) is 1. The lowest BCUT2D eigenvalue weighted by atomic mass is 10.1. The highest BCUT2D eigenvalue weighted by molar-refractivity contribution is 6.31. The predicted octanol–water partition coefficient (Wildman–Crippen LogP) is 2.38. The molecule has 1 aromatic carbocycles. The number of nitrogens with one attached hydrogen (secondary N) is 1. The maximum atomic E-state index is 11.2. The first kappa shape index (κ1) is 14.8. The van der Waals surface area contributed by atoms with Gasteiger partial charge in [-0.1, -0.05) is 36.7 Å². The van der Waals surface area contributed by atoms with Gasteiger partial charge in [-0.05, 0) is 18.1 Å². The van der Waals surface area contributed by atoms with Gasteiger partial charge in [0.25, 0.3) is 0 Å². The van der Waals surface area contributed by atoms with Gasteiger partial charge in [0, 0.05) is 18.0 Å². The minimum Gasteiger partial charge on any atom is -0.450 e. The average molecular weight is 272 g/mol. The topological polar surface area (TPSA) is 58.6 Å². The van der Waals surface area contributed by atoms with Crippen LogP contribution < -0.4 is 5.32 Å². The van der Waals surface area contributed by atoms with Crippen molar-refractivity contribution in [1.82, 2.24) is 5.32 Å². The number of amides is 1. The van der Waals surface area contributed by atoms with Crippen molar-refractivity contribution in [2.24, 2.45) is 0 Å². The third kappa shape index (κ3) is 5.38. The Labute approximate surface area is 112 Å². The van der Waals surface area contributed by atoms with E-state index in [9.17, 15) is 9.90 Å². The van der Waals surface area contributed by atoms with Gasteiger partial charge in [-0.3, -0.25) is 0 Å². The zero-order valence-electron chi connectivity index (χ0n) is 10.4. The zero-order valence-corrected chi connectivity index (χ0v) is 11.1. The van der Waals surface area contributed by atoms with Crippen LogP contribution in [0.5, 0.6) is 0 Å². The molecule has 0 aliphatic carbocycles. The average Bonchev–Trinajstić information content (AvgIpc) is 2.36. The molecule has 4 nitrogen and oxygen atoms in total. The Balaban J connectivity index is 2.32. The van der Waals surface area contributed by atoms with Gasteiger partial charge in [-0.2, -0.15) is 0 Å². The van der Waals surface area contributed by atoms with E-state index in [4.69, 9.17) is 16.3 Å². The second-order valence-corrected chi connectivity index (χ2v) is 4.37. The van der Waals surface area contributed by atoms with Crippen LogP contribution in [0.2, 0.25) is 5.02 Å². The van der Waals surface area contributed by atoms with E-state index in [-0.39, 0.29) is 6.54 Å². The van der Waals surface area contributed by atoms with Crippen molar-refractivity contribution < 1.29 is 14.6 Å². The number of carbonyl (C=O) groups is 1. The van der Waals surface area contributed by atoms with Crippen LogP contribution in [0.25, 0.3) is 0 Å². The van der Waals surface area contributed by atoms with E-state index >= 15 is 0 Å². The number of halogens is 1. The lowest BCUT2D eigenvalue weighted by Gasteiger charge is -2.12. The van der Waals surface area contributed by atoms with Crippen molar-refractivity contribution in [2.45, 2.75) is 25.9 Å². The highest BCUT2D eigenvalue weighted by Gasteiger charge is 2.10. The maximum absolute atomic E-state index is 11.2. The summed E-state index contributed by atoms with van der Waals surface area (Å²) in [5, 5.41) is 12.9. The highest BCUT2D eigenvalue weighted by Crippen LogP contribution is 2.16. The van der Waals surface area contributed by atoms with Crippen LogP contribution in [0, 0.1) is 0 Å². The van der Waals surface area contributed by atoms with Crippen molar-refractivity contribution in [3.8, 4) is 0 Å². The number of aliphatic hydroxyl groups is 1. The first-order chi connectivity index (χ1) is 8.63. The summed E-state index contributed by atoms with van der Waals surface area (Å²) in [4.78, 5) is 11.2. The molecule has 1 atom stereocenters. The third-order valence-electron chi connectivity index (χ3n) is 2.33. The third-order valence-corrected chi connectivity index (χ3v) is 2.70. The number of benzene rings is 1. The molecule has 0 spiro atoms. The Morgan fingerprint density at radius 3 is 2.89 bits per heavy atom. The SMILES string of the molecule is CCCOC(=O)NC[C@@H](O)Cc1ccccc1Cl. The molecule has 0 aliphatic heterocycles. The molecule has 2 N–H and O–H groups in total. The number of aliphatic hydroxyl groups excluding tert-OH is 1. The van der Waals surface area contributed by atoms with E-state index in [1.807, 2.05) is 25.1 Å². The molecule has 0 saturated heterocycles. The maximum Gasteiger partial charge on any atom is 0.407 e. The molecule has 0 saturated carbocycles. The molecule has 0 bridgehead atoms. The van der Waals surface area contributed by atoms with Crippen molar-refractivity contribution in [3.63, 3.8) is 0 Å². The minimum absolute atomic E-state index is 0.147. The molecule has 100 valence electrons. The summed E-state index contributed by atoms with van der Waals surface area (Å²) < 4.78 is 4.83. The summed E-state index contributed by atoms with van der Waals surface area (Å²) in [5.74, 6) is 0. The molecule has 0 unspecified atom stereocenters. The fraction of sp³-hybridized carbons (Fsp3) is 0.462. The molecule has 0 aromatic heterocycles. The van der Waals surface area contributed by atoms with Crippen LogP contribution in [0.1, 0.15) is 18.9 Å². The monoisotopic (exact) mass is 271 g/mol. The van der Waals surface area contributed by atoms with Gasteiger partial charge in [0.05, 0.1) is 12.7 Å². The van der Waals surface area contributed by atoms with E-state index < -0.39 is 12.2 Å². The quantitative estimate of drug-likeness (QED) is 0.835. The molecule has 1 rings (SSSR count). The number of alkyl carbamates (subject to hydrolysis) is 1. The smallest absolute Gasteiger partial charge is 0.407 e. The number of hydrogen-bond acceptors (Lipinski definition) is 3. The Bertz CT molecular complexity index is 384. The summed E-state index contributed by atoms with van der Waals surface area (Å²) in [6.07, 6.45) is -0.0160. The van der Waals surface area contributed by atoms with E-state index in [2.05, 4.69) is 5.32 Å². The van der Waals surface area contributed by atoms with Crippen molar-refractivity contribution in [1.29, 1.82) is 0 Å². The molecule has 0 heterocycles. The molecule has 5 heteroatoms. The van der Waals surface area contributed by atoms with Crippen LogP contribution >= 0.6 is 11.6 Å². The summed E-state index contributed by atoms with van der Waals surface area (Å²) in [7, 11) is 0. The molecular formula is C13H18ClNO3. The van der Waals surface area contributed by atoms with E-state index in [0.717, 1.165) is 12.0 Å². The lowest BCUT2D eigenvalue weighted by Crippen LogP contribution is -2.33. The first-order valence-corrected chi connectivity index (χ1v) is 6.33. The van der Waals surface area contributed by atoms with Gasteiger partial charge in [-0.15, -0.1) is 0 Å². The van der Waals surface area contributed by atoms with Crippen molar-refractivity contribution in [2.75, 3.05) is 13.2 Å². The molecule has 0 aliphatic rings. The van der Waals surface area contributed by atoms with Crippen LogP contribution in [-0.2, 0) is 11.2 Å². The fourth-order valence-corrected chi connectivity index (χ4v) is 1.65. The van der Waals surface area contributed by atoms with Crippen molar-refractivity contribution >= 4 is 17.7 Å². The number of hydrogen-bond donors (Lipinski definition) is 2. The molecule has 1 aromatic rings. The van der Waals surface area contributed by atoms with Crippen molar-refractivity contribution in [3.05, 3.63) is 34.9 Å². The standard InChI is InChI=1S/C13H18ClNO3/c1-2-7-18-13(17)15-9-11(16)8-10-5-3-4-6-12(10)14/h3-6,11,16H,2,7-9H2,1H3,(H,15,17)/t11-/m0/s1. The van der Waals surface area contributed by atoms with Gasteiger partial charge >= 0.3 is 6.09 Å². The number of carbonyl (C=O) groups excluding carboxylic acids is 1. The second kappa shape index (κ2) is 7.95. The first-order valence-electron chi connectivity index (χ1n) is 5.95. The summed E-state index contributed by atoms with van der Waals surface area (Å²) in [6.45, 7) is 2.44. The lowest BCUT2D eigenvalue weighted by molar-refractivity contribution is 0.130. The Hall–Kier alpha value is -1.26. The van der Waals surface area contributed by atoms with Gasteiger partial charge < -0.3 is 15.2 Å². The Kier molecular flexibility index (Phi) is 6.54. The highest BCUT2D eigenvalue weighted by atomic mass is 35.5. The number of rotatable bonds is 6. The molecule has 0 radical (unpaired) electrons. The minimum atomic E-state index is -0.681. The summed E-state index contributed by atoms with van der Waals surface area (Å²) >= 11 is 5.98. The second-order valence-electron chi connectivity index (χ2n) is 3.97. The van der Waals surface area contributed by atoms with Gasteiger partial charge in [0.15, 0.2) is 0 Å². The van der Waals surface area contributed by atoms with Crippen LogP contribution in [-0.4, -0.2) is 30.5 Å². The molecule has 1 amide bonds. The van der Waals surface area contributed by atoms with Crippen LogP contribution in [0.15, 0.2) is 24.3 Å². The molecule has 0 fully saturated rings. The van der Waals surface area contributed by atoms with E-state index in [1.165, 1.54) is 0 Å². The van der Waals surface area contributed by atoms with Gasteiger partial charge in [-0.25, -0.2) is 4.79 Å². The molecule has 18 heavy (non-hydrogen) atoms. The van der Waals surface area contributed by atoms with Crippen LogP contribution in [0.3, 0.4) is 0 Å².